The molecule has 6 heteroatoms. The van der Waals surface area contributed by atoms with E-state index >= 15 is 0 Å². The summed E-state index contributed by atoms with van der Waals surface area (Å²) >= 11 is 0.991. The quantitative estimate of drug-likeness (QED) is 0.863. The molecule has 18 heavy (non-hydrogen) atoms. The summed E-state index contributed by atoms with van der Waals surface area (Å²) in [5.41, 5.74) is 0.904. The third-order valence-electron chi connectivity index (χ3n) is 2.64. The molecule has 0 unspecified atom stereocenters. The van der Waals surface area contributed by atoms with E-state index in [4.69, 9.17) is 9.84 Å². The summed E-state index contributed by atoms with van der Waals surface area (Å²) in [4.78, 5) is 11.6. The maximum absolute atomic E-state index is 13.5. The molecule has 0 radical (unpaired) electrons. The van der Waals surface area contributed by atoms with Gasteiger partial charge in [-0.25, -0.2) is 13.6 Å². The fourth-order valence-electron chi connectivity index (χ4n) is 1.89. The van der Waals surface area contributed by atoms with Gasteiger partial charge in [0.2, 0.25) is 0 Å². The van der Waals surface area contributed by atoms with Crippen molar-refractivity contribution in [2.24, 2.45) is 0 Å². The number of benzene rings is 1. The average molecular weight is 268 g/mol. The average Bonchev–Trinajstić information content (AvgIpc) is 2.72. The lowest BCUT2D eigenvalue weighted by Crippen LogP contribution is -2.05. The Morgan fingerprint density at radius 1 is 1.33 bits per heavy atom. The maximum Gasteiger partial charge on any atom is 0.345 e. The van der Waals surface area contributed by atoms with Crippen LogP contribution in [0.5, 0.6) is 5.75 Å². The smallest absolute Gasteiger partial charge is 0.345 e. The van der Waals surface area contributed by atoms with Crippen LogP contribution in [0.4, 0.5) is 8.78 Å². The highest BCUT2D eigenvalue weighted by Crippen LogP contribution is 2.44. The Labute approximate surface area is 104 Å². The van der Waals surface area contributed by atoms with Crippen LogP contribution in [0.2, 0.25) is 0 Å². The van der Waals surface area contributed by atoms with Crippen molar-refractivity contribution in [3.05, 3.63) is 40.3 Å². The van der Waals surface area contributed by atoms with Gasteiger partial charge in [-0.3, -0.25) is 0 Å². The van der Waals surface area contributed by atoms with E-state index in [0.29, 0.717) is 10.4 Å². The Morgan fingerprint density at radius 3 is 2.83 bits per heavy atom. The molecule has 1 N–H and O–H groups in total. The summed E-state index contributed by atoms with van der Waals surface area (Å²) in [6.07, 6.45) is 0. The van der Waals surface area contributed by atoms with Gasteiger partial charge in [-0.15, -0.1) is 11.3 Å². The lowest BCUT2D eigenvalue weighted by molar-refractivity contribution is 0.0702. The van der Waals surface area contributed by atoms with Gasteiger partial charge in [-0.05, 0) is 12.1 Å². The molecular formula is C12H6F2O3S. The molecule has 2 aromatic rings. The van der Waals surface area contributed by atoms with E-state index in [1.165, 1.54) is 6.07 Å². The van der Waals surface area contributed by atoms with E-state index in [-0.39, 0.29) is 22.8 Å². The van der Waals surface area contributed by atoms with Crippen LogP contribution in [0.25, 0.3) is 10.4 Å². The topological polar surface area (TPSA) is 46.5 Å². The summed E-state index contributed by atoms with van der Waals surface area (Å²) in [5, 5.41) is 8.91. The van der Waals surface area contributed by atoms with Gasteiger partial charge in [-0.2, -0.15) is 0 Å². The van der Waals surface area contributed by atoms with E-state index in [1.54, 1.807) is 0 Å². The number of ether oxygens (including phenoxy) is 1. The SMILES string of the molecule is O=C(O)c1cc2c(s1)-c1cc(F)cc(F)c1OC2. The summed E-state index contributed by atoms with van der Waals surface area (Å²) in [6.45, 7) is 0.0919. The summed E-state index contributed by atoms with van der Waals surface area (Å²) in [7, 11) is 0. The number of carboxylic acid groups (broad SMARTS) is 1. The van der Waals surface area contributed by atoms with E-state index in [0.717, 1.165) is 23.5 Å². The van der Waals surface area contributed by atoms with Crippen LogP contribution in [-0.2, 0) is 6.61 Å². The Kier molecular flexibility index (Phi) is 2.34. The Bertz CT molecular complexity index is 664. The van der Waals surface area contributed by atoms with Gasteiger partial charge in [0.15, 0.2) is 11.6 Å². The van der Waals surface area contributed by atoms with Crippen LogP contribution in [0.15, 0.2) is 18.2 Å². The predicted molar refractivity (Wildman–Crippen MR) is 61.0 cm³/mol. The predicted octanol–water partition coefficient (Wildman–Crippen LogP) is 3.28. The summed E-state index contributed by atoms with van der Waals surface area (Å²) < 4.78 is 31.9. The minimum absolute atomic E-state index is 0.0253. The first kappa shape index (κ1) is 11.2. The standard InChI is InChI=1S/C12H6F2O3S/c13-6-2-7-10(8(14)3-6)17-4-5-1-9(12(15)16)18-11(5)7/h1-3H,4H2,(H,15,16). The largest absolute Gasteiger partial charge is 0.485 e. The molecule has 2 heterocycles. The van der Waals surface area contributed by atoms with Crippen LogP contribution in [-0.4, -0.2) is 11.1 Å². The van der Waals surface area contributed by atoms with Gasteiger partial charge < -0.3 is 9.84 Å². The monoisotopic (exact) mass is 268 g/mol. The first-order valence-corrected chi connectivity index (χ1v) is 5.86. The second-order valence-electron chi connectivity index (χ2n) is 3.82. The van der Waals surface area contributed by atoms with Gasteiger partial charge in [0, 0.05) is 22.1 Å². The number of hydrogen-bond acceptors (Lipinski definition) is 3. The highest BCUT2D eigenvalue weighted by Gasteiger charge is 2.25. The zero-order chi connectivity index (χ0) is 12.9. The number of thiophene rings is 1. The number of carboxylic acids is 1. The molecule has 1 aromatic carbocycles. The molecule has 3 nitrogen and oxygen atoms in total. The van der Waals surface area contributed by atoms with Gasteiger partial charge in [0.1, 0.15) is 17.3 Å². The molecule has 1 aliphatic heterocycles. The van der Waals surface area contributed by atoms with E-state index < -0.39 is 17.6 Å². The van der Waals surface area contributed by atoms with Crippen molar-refractivity contribution < 1.29 is 23.4 Å². The second-order valence-corrected chi connectivity index (χ2v) is 4.88. The lowest BCUT2D eigenvalue weighted by atomic mass is 10.1. The van der Waals surface area contributed by atoms with Gasteiger partial charge in [0.05, 0.1) is 0 Å². The van der Waals surface area contributed by atoms with Crippen molar-refractivity contribution in [1.82, 2.24) is 0 Å². The number of carbonyl (C=O) groups is 1. The maximum atomic E-state index is 13.5. The summed E-state index contributed by atoms with van der Waals surface area (Å²) in [5.74, 6) is -2.58. The lowest BCUT2D eigenvalue weighted by Gasteiger charge is -2.17. The second kappa shape index (κ2) is 3.78. The van der Waals surface area contributed by atoms with Crippen LogP contribution < -0.4 is 4.74 Å². The fourth-order valence-corrected chi connectivity index (χ4v) is 2.91. The van der Waals surface area contributed by atoms with E-state index in [1.807, 2.05) is 0 Å². The number of hydrogen-bond donors (Lipinski definition) is 1. The number of halogens is 2. The van der Waals surface area contributed by atoms with E-state index in [9.17, 15) is 13.6 Å². The van der Waals surface area contributed by atoms with E-state index in [2.05, 4.69) is 0 Å². The molecule has 0 spiro atoms. The molecular weight excluding hydrogens is 262 g/mol. The molecule has 1 aliphatic rings. The zero-order valence-electron chi connectivity index (χ0n) is 8.87. The molecule has 0 bridgehead atoms. The van der Waals surface area contributed by atoms with Crippen LogP contribution in [0.1, 0.15) is 15.2 Å². The Balaban J connectivity index is 2.24. The molecule has 0 aliphatic carbocycles. The van der Waals surface area contributed by atoms with Crippen molar-refractivity contribution in [2.45, 2.75) is 6.61 Å². The molecule has 0 amide bonds. The third kappa shape index (κ3) is 1.57. The number of rotatable bonds is 1. The molecule has 0 atom stereocenters. The zero-order valence-corrected chi connectivity index (χ0v) is 9.68. The normalized spacial score (nSPS) is 12.6. The molecule has 92 valence electrons. The Hall–Kier alpha value is -1.95. The van der Waals surface area contributed by atoms with Gasteiger partial charge in [-0.1, -0.05) is 0 Å². The molecule has 1 aromatic heterocycles. The van der Waals surface area contributed by atoms with Crippen LogP contribution in [0.3, 0.4) is 0 Å². The molecule has 0 saturated heterocycles. The van der Waals surface area contributed by atoms with Crippen LogP contribution >= 0.6 is 11.3 Å². The summed E-state index contributed by atoms with van der Waals surface area (Å²) in [6, 6.07) is 3.36. The third-order valence-corrected chi connectivity index (χ3v) is 3.84. The van der Waals surface area contributed by atoms with Crippen LogP contribution in [0, 0.1) is 11.6 Å². The Morgan fingerprint density at radius 2 is 2.11 bits per heavy atom. The minimum Gasteiger partial charge on any atom is -0.485 e. The van der Waals surface area contributed by atoms with Gasteiger partial charge >= 0.3 is 5.97 Å². The molecule has 3 rings (SSSR count). The van der Waals surface area contributed by atoms with Crippen molar-refractivity contribution in [3.8, 4) is 16.2 Å². The molecule has 0 saturated carbocycles. The first-order valence-electron chi connectivity index (χ1n) is 5.04. The minimum atomic E-state index is -1.06. The van der Waals surface area contributed by atoms with Crippen molar-refractivity contribution in [3.63, 3.8) is 0 Å². The van der Waals surface area contributed by atoms with Crippen molar-refractivity contribution >= 4 is 17.3 Å². The first-order chi connectivity index (χ1) is 8.56. The highest BCUT2D eigenvalue weighted by atomic mass is 32.1. The number of aromatic carboxylic acids is 1. The fraction of sp³-hybridized carbons (Fsp3) is 0.0833. The molecule has 0 fully saturated rings. The number of fused-ring (bicyclic) bond motifs is 3. The van der Waals surface area contributed by atoms with Crippen molar-refractivity contribution in [2.75, 3.05) is 0 Å². The van der Waals surface area contributed by atoms with Crippen molar-refractivity contribution in [1.29, 1.82) is 0 Å². The highest BCUT2D eigenvalue weighted by molar-refractivity contribution is 7.17. The van der Waals surface area contributed by atoms with Gasteiger partial charge in [0.25, 0.3) is 0 Å².